The summed E-state index contributed by atoms with van der Waals surface area (Å²) in [7, 11) is 0. The maximum absolute atomic E-state index is 11.8. The topological polar surface area (TPSA) is 26.3 Å². The zero-order chi connectivity index (χ0) is 10.8. The van der Waals surface area contributed by atoms with Gasteiger partial charge in [0.05, 0.1) is 0 Å². The number of halogens is 4. The lowest BCUT2D eigenvalue weighted by Gasteiger charge is -2.06. The van der Waals surface area contributed by atoms with Crippen LogP contribution in [-0.4, -0.2) is 12.1 Å². The maximum Gasteiger partial charge on any atom is 0.491 e. The molecule has 0 unspecified atom stereocenters. The van der Waals surface area contributed by atoms with Gasteiger partial charge >= 0.3 is 12.1 Å². The van der Waals surface area contributed by atoms with Gasteiger partial charge in [-0.2, -0.15) is 13.2 Å². The van der Waals surface area contributed by atoms with E-state index in [2.05, 4.69) is 4.74 Å². The smallest absolute Gasteiger partial charge is 0.420 e. The fourth-order valence-corrected chi connectivity index (χ4v) is 1.21. The van der Waals surface area contributed by atoms with Crippen LogP contribution in [0.4, 0.5) is 13.2 Å². The van der Waals surface area contributed by atoms with Crippen molar-refractivity contribution in [2.24, 2.45) is 0 Å². The molecule has 1 aromatic carbocycles. The van der Waals surface area contributed by atoms with Gasteiger partial charge in [0.25, 0.3) is 0 Å². The second-order valence-electron chi connectivity index (χ2n) is 2.34. The molecule has 0 aliphatic rings. The third kappa shape index (κ3) is 3.17. The molecule has 1 rings (SSSR count). The first kappa shape index (κ1) is 11.3. The van der Waals surface area contributed by atoms with Crippen molar-refractivity contribution in [1.29, 1.82) is 0 Å². The predicted octanol–water partition coefficient (Wildman–Crippen LogP) is 2.76. The van der Waals surface area contributed by atoms with Crippen LogP contribution >= 0.6 is 22.6 Å². The molecule has 6 heteroatoms. The fraction of sp³-hybridized carbons (Fsp3) is 0.125. The standard InChI is InChI=1S/C8H4F3IO2/c9-8(10,11)7(13)14-6-3-1-2-5(12)4-6/h1-4H. The molecule has 0 fully saturated rings. The number of alkyl halides is 3. The van der Waals surface area contributed by atoms with Gasteiger partial charge in [-0.15, -0.1) is 0 Å². The molecule has 2 nitrogen and oxygen atoms in total. The largest absolute Gasteiger partial charge is 0.491 e. The summed E-state index contributed by atoms with van der Waals surface area (Å²) in [6.45, 7) is 0. The third-order valence-electron chi connectivity index (χ3n) is 1.24. The molecule has 0 radical (unpaired) electrons. The molecular formula is C8H4F3IO2. The zero-order valence-corrected chi connectivity index (χ0v) is 8.80. The van der Waals surface area contributed by atoms with Crippen molar-refractivity contribution in [3.8, 4) is 5.75 Å². The average Bonchev–Trinajstić information content (AvgIpc) is 2.02. The van der Waals surface area contributed by atoms with Gasteiger partial charge < -0.3 is 4.74 Å². The molecule has 0 bridgehead atoms. The summed E-state index contributed by atoms with van der Waals surface area (Å²) in [4.78, 5) is 10.4. The van der Waals surface area contributed by atoms with E-state index in [0.29, 0.717) is 3.57 Å². The van der Waals surface area contributed by atoms with Crippen molar-refractivity contribution in [1.82, 2.24) is 0 Å². The van der Waals surface area contributed by atoms with Crippen LogP contribution in [-0.2, 0) is 4.79 Å². The van der Waals surface area contributed by atoms with E-state index in [1.165, 1.54) is 18.2 Å². The first-order valence-corrected chi connectivity index (χ1v) is 4.52. The molecule has 0 atom stereocenters. The molecule has 0 N–H and O–H groups in total. The van der Waals surface area contributed by atoms with Crippen molar-refractivity contribution in [2.45, 2.75) is 6.18 Å². The minimum atomic E-state index is -4.96. The number of hydrogen-bond donors (Lipinski definition) is 0. The molecular weight excluding hydrogens is 312 g/mol. The van der Waals surface area contributed by atoms with Crippen molar-refractivity contribution < 1.29 is 22.7 Å². The van der Waals surface area contributed by atoms with Gasteiger partial charge in [-0.3, -0.25) is 0 Å². The molecule has 0 aromatic heterocycles. The van der Waals surface area contributed by atoms with Crippen LogP contribution in [0, 0.1) is 3.57 Å². The summed E-state index contributed by atoms with van der Waals surface area (Å²) in [6, 6.07) is 5.79. The Morgan fingerprint density at radius 2 is 2.00 bits per heavy atom. The van der Waals surface area contributed by atoms with Crippen molar-refractivity contribution >= 4 is 28.6 Å². The van der Waals surface area contributed by atoms with Gasteiger partial charge in [0.2, 0.25) is 0 Å². The average molecular weight is 316 g/mol. The van der Waals surface area contributed by atoms with Crippen LogP contribution < -0.4 is 4.74 Å². The Kier molecular flexibility index (Phi) is 3.35. The van der Waals surface area contributed by atoms with Crippen molar-refractivity contribution in [3.63, 3.8) is 0 Å². The number of benzene rings is 1. The summed E-state index contributed by atoms with van der Waals surface area (Å²) in [5.74, 6) is -2.32. The monoisotopic (exact) mass is 316 g/mol. The molecule has 0 saturated heterocycles. The Balaban J connectivity index is 2.75. The van der Waals surface area contributed by atoms with Gasteiger partial charge in [0.15, 0.2) is 0 Å². The normalized spacial score (nSPS) is 11.1. The Labute approximate surface area is 91.2 Å². The number of carbonyl (C=O) groups is 1. The van der Waals surface area contributed by atoms with E-state index in [9.17, 15) is 18.0 Å². The second-order valence-corrected chi connectivity index (χ2v) is 3.59. The quantitative estimate of drug-likeness (QED) is 0.452. The minimum absolute atomic E-state index is 0.112. The number of hydrogen-bond acceptors (Lipinski definition) is 2. The van der Waals surface area contributed by atoms with E-state index >= 15 is 0 Å². The van der Waals surface area contributed by atoms with Crippen LogP contribution in [0.15, 0.2) is 24.3 Å². The van der Waals surface area contributed by atoms with Gasteiger partial charge in [0, 0.05) is 3.57 Å². The van der Waals surface area contributed by atoms with E-state index < -0.39 is 12.1 Å². The van der Waals surface area contributed by atoms with Crippen LogP contribution in [0.5, 0.6) is 5.75 Å². The number of carbonyl (C=O) groups excluding carboxylic acids is 1. The highest BCUT2D eigenvalue weighted by atomic mass is 127. The number of ether oxygens (including phenoxy) is 1. The van der Waals surface area contributed by atoms with Crippen LogP contribution in [0.25, 0.3) is 0 Å². The molecule has 76 valence electrons. The Morgan fingerprint density at radius 3 is 2.50 bits per heavy atom. The molecule has 0 aliphatic carbocycles. The van der Waals surface area contributed by atoms with Gasteiger partial charge in [-0.05, 0) is 40.8 Å². The lowest BCUT2D eigenvalue weighted by molar-refractivity contribution is -0.189. The minimum Gasteiger partial charge on any atom is -0.420 e. The Hall–Kier alpha value is -0.790. The highest BCUT2D eigenvalue weighted by Gasteiger charge is 2.41. The summed E-state index contributed by atoms with van der Waals surface area (Å²) >= 11 is 1.90. The maximum atomic E-state index is 11.8. The molecule has 0 spiro atoms. The summed E-state index contributed by atoms with van der Waals surface area (Å²) < 4.78 is 40.1. The SMILES string of the molecule is O=C(Oc1cccc(I)c1)C(F)(F)F. The molecule has 14 heavy (non-hydrogen) atoms. The van der Waals surface area contributed by atoms with E-state index in [-0.39, 0.29) is 5.75 Å². The highest BCUT2D eigenvalue weighted by Crippen LogP contribution is 2.21. The van der Waals surface area contributed by atoms with E-state index in [4.69, 9.17) is 0 Å². The summed E-state index contributed by atoms with van der Waals surface area (Å²) in [5, 5.41) is 0. The molecule has 0 saturated carbocycles. The molecule has 0 aliphatic heterocycles. The summed E-state index contributed by atoms with van der Waals surface area (Å²) in [6.07, 6.45) is -4.96. The van der Waals surface area contributed by atoms with Gasteiger partial charge in [0.1, 0.15) is 5.75 Å². The molecule has 0 heterocycles. The lowest BCUT2D eigenvalue weighted by atomic mass is 10.3. The summed E-state index contributed by atoms with van der Waals surface area (Å²) in [5.41, 5.74) is 0. The Morgan fingerprint density at radius 1 is 1.36 bits per heavy atom. The second kappa shape index (κ2) is 4.16. The van der Waals surface area contributed by atoms with E-state index in [1.807, 2.05) is 22.6 Å². The first-order chi connectivity index (χ1) is 6.39. The van der Waals surface area contributed by atoms with Gasteiger partial charge in [-0.1, -0.05) is 6.07 Å². The van der Waals surface area contributed by atoms with Crippen molar-refractivity contribution in [3.05, 3.63) is 27.8 Å². The lowest BCUT2D eigenvalue weighted by Crippen LogP contribution is -2.27. The number of esters is 1. The third-order valence-corrected chi connectivity index (χ3v) is 1.91. The zero-order valence-electron chi connectivity index (χ0n) is 6.64. The number of rotatable bonds is 1. The van der Waals surface area contributed by atoms with Crippen LogP contribution in [0.1, 0.15) is 0 Å². The molecule has 0 amide bonds. The highest BCUT2D eigenvalue weighted by molar-refractivity contribution is 14.1. The molecule has 1 aromatic rings. The predicted molar refractivity (Wildman–Crippen MR) is 50.8 cm³/mol. The Bertz CT molecular complexity index is 349. The first-order valence-electron chi connectivity index (χ1n) is 3.44. The van der Waals surface area contributed by atoms with Gasteiger partial charge in [-0.25, -0.2) is 4.79 Å². The van der Waals surface area contributed by atoms with E-state index in [1.54, 1.807) is 6.07 Å². The van der Waals surface area contributed by atoms with Crippen LogP contribution in [0.2, 0.25) is 0 Å². The van der Waals surface area contributed by atoms with Crippen molar-refractivity contribution in [2.75, 3.05) is 0 Å². The fourth-order valence-electron chi connectivity index (χ4n) is 0.695. The van der Waals surface area contributed by atoms with E-state index in [0.717, 1.165) is 0 Å². The van der Waals surface area contributed by atoms with Crippen LogP contribution in [0.3, 0.4) is 0 Å².